The summed E-state index contributed by atoms with van der Waals surface area (Å²) in [6.07, 6.45) is 0. The number of benzene rings is 10. The number of fused-ring (bicyclic) bond motifs is 9. The van der Waals surface area contributed by atoms with E-state index in [1.165, 1.54) is 21.5 Å². The molecule has 5 nitrogen and oxygen atoms in total. The predicted octanol–water partition coefficient (Wildman–Crippen LogP) is 15.0. The normalized spacial score (nSPS) is 11.9. The molecule has 0 bridgehead atoms. The van der Waals surface area contributed by atoms with Crippen molar-refractivity contribution in [3.63, 3.8) is 0 Å². The first kappa shape index (κ1) is 34.5. The second kappa shape index (κ2) is 13.6. The minimum absolute atomic E-state index is 0.588. The second-order valence-electron chi connectivity index (χ2n) is 15.9. The fraction of sp³-hybridized carbons (Fsp3) is 0. The van der Waals surface area contributed by atoms with Crippen molar-refractivity contribution in [2.24, 2.45) is 0 Å². The molecule has 0 aliphatic carbocycles. The molecule has 0 saturated heterocycles. The van der Waals surface area contributed by atoms with Crippen LogP contribution in [0.2, 0.25) is 0 Å². The van der Waals surface area contributed by atoms with Crippen LogP contribution in [-0.4, -0.2) is 19.5 Å². The Labute approximate surface area is 355 Å². The Morgan fingerprint density at radius 2 is 0.952 bits per heavy atom. The van der Waals surface area contributed by atoms with Gasteiger partial charge in [0.1, 0.15) is 11.2 Å². The molecule has 0 aliphatic heterocycles. The predicted molar refractivity (Wildman–Crippen MR) is 256 cm³/mol. The Balaban J connectivity index is 1.14. The van der Waals surface area contributed by atoms with Gasteiger partial charge in [0.15, 0.2) is 17.5 Å². The highest BCUT2D eigenvalue weighted by Crippen LogP contribution is 2.44. The molecule has 0 saturated carbocycles. The summed E-state index contributed by atoms with van der Waals surface area (Å²) in [4.78, 5) is 16.1. The van der Waals surface area contributed by atoms with Crippen LogP contribution < -0.4 is 0 Å². The maximum absolute atomic E-state index is 6.51. The van der Waals surface area contributed by atoms with Crippen LogP contribution in [0.3, 0.4) is 0 Å². The first-order valence-corrected chi connectivity index (χ1v) is 20.9. The minimum Gasteiger partial charge on any atom is -0.456 e. The number of nitrogens with zero attached hydrogens (tertiary/aromatic N) is 4. The minimum atomic E-state index is 0.588. The van der Waals surface area contributed by atoms with E-state index < -0.39 is 0 Å². The molecule has 0 atom stereocenters. The van der Waals surface area contributed by atoms with Crippen molar-refractivity contribution in [3.05, 3.63) is 206 Å². The Hall–Kier alpha value is -8.41. The first-order chi connectivity index (χ1) is 30.7. The van der Waals surface area contributed by atoms with Crippen molar-refractivity contribution in [1.29, 1.82) is 0 Å². The van der Waals surface area contributed by atoms with Crippen LogP contribution in [0.15, 0.2) is 211 Å². The smallest absolute Gasteiger partial charge is 0.165 e. The summed E-state index contributed by atoms with van der Waals surface area (Å²) in [5.41, 5.74) is 9.81. The summed E-state index contributed by atoms with van der Waals surface area (Å²) in [7, 11) is 0. The summed E-state index contributed by atoms with van der Waals surface area (Å²) < 4.78 is 8.91. The van der Waals surface area contributed by atoms with Crippen LogP contribution in [0, 0.1) is 0 Å². The molecule has 62 heavy (non-hydrogen) atoms. The largest absolute Gasteiger partial charge is 0.456 e. The molecule has 13 rings (SSSR count). The van der Waals surface area contributed by atoms with Crippen LogP contribution in [0.5, 0.6) is 0 Å². The van der Waals surface area contributed by atoms with Gasteiger partial charge in [-0.3, -0.25) is 0 Å². The molecule has 0 radical (unpaired) electrons. The van der Waals surface area contributed by atoms with Crippen molar-refractivity contribution in [2.45, 2.75) is 0 Å². The summed E-state index contributed by atoms with van der Waals surface area (Å²) >= 11 is 0. The van der Waals surface area contributed by atoms with E-state index in [-0.39, 0.29) is 0 Å². The van der Waals surface area contributed by atoms with Crippen LogP contribution in [-0.2, 0) is 0 Å². The molecular weight excluding hydrogens is 757 g/mol. The van der Waals surface area contributed by atoms with Crippen molar-refractivity contribution < 1.29 is 4.42 Å². The summed E-state index contributed by atoms with van der Waals surface area (Å²) in [6.45, 7) is 0. The molecule has 0 spiro atoms. The Kier molecular flexibility index (Phi) is 7.54. The van der Waals surface area contributed by atoms with E-state index in [2.05, 4.69) is 180 Å². The molecule has 10 aromatic carbocycles. The van der Waals surface area contributed by atoms with Crippen LogP contribution >= 0.6 is 0 Å². The lowest BCUT2D eigenvalue weighted by Crippen LogP contribution is -2.03. The second-order valence-corrected chi connectivity index (χ2v) is 15.9. The van der Waals surface area contributed by atoms with Gasteiger partial charge < -0.3 is 8.98 Å². The van der Waals surface area contributed by atoms with Crippen molar-refractivity contribution >= 4 is 76.1 Å². The Morgan fingerprint density at radius 1 is 0.339 bits per heavy atom. The number of hydrogen-bond acceptors (Lipinski definition) is 4. The van der Waals surface area contributed by atoms with E-state index >= 15 is 0 Å². The quantitative estimate of drug-likeness (QED) is 0.163. The van der Waals surface area contributed by atoms with Gasteiger partial charge >= 0.3 is 0 Å². The van der Waals surface area contributed by atoms with Gasteiger partial charge in [0, 0.05) is 43.9 Å². The average molecular weight is 791 g/mol. The molecular formula is C57H34N4O. The van der Waals surface area contributed by atoms with Gasteiger partial charge in [-0.2, -0.15) is 0 Å². The first-order valence-electron chi connectivity index (χ1n) is 20.9. The third kappa shape index (κ3) is 5.32. The van der Waals surface area contributed by atoms with Crippen molar-refractivity contribution in [1.82, 2.24) is 19.5 Å². The Morgan fingerprint density at radius 3 is 1.74 bits per heavy atom. The van der Waals surface area contributed by atoms with E-state index in [1.807, 2.05) is 30.3 Å². The molecule has 0 amide bonds. The summed E-state index contributed by atoms with van der Waals surface area (Å²) in [5.74, 6) is 1.82. The molecule has 3 aromatic heterocycles. The Bertz CT molecular complexity index is 3880. The average Bonchev–Trinajstić information content (AvgIpc) is 3.88. The van der Waals surface area contributed by atoms with Gasteiger partial charge in [-0.1, -0.05) is 152 Å². The topological polar surface area (TPSA) is 56.7 Å². The molecule has 13 aromatic rings. The van der Waals surface area contributed by atoms with Gasteiger partial charge in [-0.15, -0.1) is 0 Å². The van der Waals surface area contributed by atoms with E-state index in [9.17, 15) is 0 Å². The summed E-state index contributed by atoms with van der Waals surface area (Å²) in [5, 5.41) is 11.4. The van der Waals surface area contributed by atoms with Gasteiger partial charge in [0.25, 0.3) is 0 Å². The van der Waals surface area contributed by atoms with Crippen molar-refractivity contribution in [3.8, 4) is 51.0 Å². The third-order valence-electron chi connectivity index (χ3n) is 12.4. The van der Waals surface area contributed by atoms with Crippen LogP contribution in [0.1, 0.15) is 0 Å². The molecule has 5 heteroatoms. The third-order valence-corrected chi connectivity index (χ3v) is 12.4. The van der Waals surface area contributed by atoms with Gasteiger partial charge in [-0.05, 0) is 98.0 Å². The fourth-order valence-corrected chi connectivity index (χ4v) is 9.60. The van der Waals surface area contributed by atoms with E-state index in [4.69, 9.17) is 19.4 Å². The lowest BCUT2D eigenvalue weighted by atomic mass is 9.94. The number of furan rings is 1. The zero-order valence-electron chi connectivity index (χ0n) is 33.3. The molecule has 3 heterocycles. The standard InChI is InChI=1S/C57H34N4O/c1-2-15-35(16-3-1)55-58-56(60-57(59-55)54-41-21-8-6-19-38(41)31-39-20-7-9-22-42(39)54)45-30-29-40(34-47(45)44-25-14-28-52-53(44)46-24-11-13-27-51(46)62-52)61-49-26-12-10-23-43(49)48-32-36-17-4-5-18-37(36)33-50(48)61/h1-34H. The number of para-hydroxylation sites is 2. The van der Waals surface area contributed by atoms with Gasteiger partial charge in [0.05, 0.1) is 11.0 Å². The highest BCUT2D eigenvalue weighted by atomic mass is 16.3. The number of hydrogen-bond donors (Lipinski definition) is 0. The maximum atomic E-state index is 6.51. The lowest BCUT2D eigenvalue weighted by Gasteiger charge is -2.17. The summed E-state index contributed by atoms with van der Waals surface area (Å²) in [6, 6.07) is 72.8. The fourth-order valence-electron chi connectivity index (χ4n) is 9.60. The zero-order chi connectivity index (χ0) is 40.7. The van der Waals surface area contributed by atoms with E-state index in [0.717, 1.165) is 88.0 Å². The van der Waals surface area contributed by atoms with E-state index in [1.54, 1.807) is 0 Å². The van der Waals surface area contributed by atoms with Gasteiger partial charge in [0.2, 0.25) is 0 Å². The zero-order valence-corrected chi connectivity index (χ0v) is 33.3. The monoisotopic (exact) mass is 790 g/mol. The molecule has 0 N–H and O–H groups in total. The number of rotatable bonds is 5. The van der Waals surface area contributed by atoms with Gasteiger partial charge in [-0.25, -0.2) is 15.0 Å². The maximum Gasteiger partial charge on any atom is 0.165 e. The molecule has 0 aliphatic rings. The molecule has 0 fully saturated rings. The van der Waals surface area contributed by atoms with Crippen LogP contribution in [0.25, 0.3) is 127 Å². The lowest BCUT2D eigenvalue weighted by molar-refractivity contribution is 0.669. The highest BCUT2D eigenvalue weighted by molar-refractivity contribution is 6.16. The molecule has 0 unspecified atom stereocenters. The van der Waals surface area contributed by atoms with Crippen LogP contribution in [0.4, 0.5) is 0 Å². The highest BCUT2D eigenvalue weighted by Gasteiger charge is 2.23. The van der Waals surface area contributed by atoms with E-state index in [0.29, 0.717) is 17.5 Å². The SMILES string of the molecule is c1ccc(-c2nc(-c3ccc(-n4c5ccccc5c5cc6ccccc6cc54)cc3-c3cccc4oc5ccccc5c34)nc(-c3c4ccccc4cc4ccccc34)n2)cc1. The number of aromatic nitrogens is 4. The van der Waals surface area contributed by atoms with Crippen molar-refractivity contribution in [2.75, 3.05) is 0 Å². The molecule has 288 valence electrons.